The monoisotopic (exact) mass is 462 g/mol. The third-order valence-corrected chi connectivity index (χ3v) is 5.91. The first kappa shape index (κ1) is 25.1. The van der Waals surface area contributed by atoms with E-state index in [9.17, 15) is 9.59 Å². The molecule has 0 saturated carbocycles. The molecule has 1 aliphatic rings. The number of ether oxygens (including phenoxy) is 2. The molecule has 1 aliphatic heterocycles. The summed E-state index contributed by atoms with van der Waals surface area (Å²) in [7, 11) is 0. The van der Waals surface area contributed by atoms with Gasteiger partial charge in [0, 0.05) is 0 Å². The molecule has 0 fully saturated rings. The number of rotatable bonds is 8. The fourth-order valence-corrected chi connectivity index (χ4v) is 4.35. The van der Waals surface area contributed by atoms with Crippen molar-refractivity contribution in [3.8, 4) is 0 Å². The normalized spacial score (nSPS) is 13.9. The van der Waals surface area contributed by atoms with Crippen LogP contribution in [0, 0.1) is 0 Å². The molecular weight excluding hydrogens is 428 g/mol. The van der Waals surface area contributed by atoms with Crippen molar-refractivity contribution in [2.24, 2.45) is 0 Å². The van der Waals surface area contributed by atoms with E-state index in [0.29, 0.717) is 12.8 Å². The Morgan fingerprint density at radius 2 is 0.941 bits per heavy atom. The number of hydrogen-bond donors (Lipinski definition) is 0. The highest BCUT2D eigenvalue weighted by molar-refractivity contribution is 5.79. The molecule has 0 aliphatic carbocycles. The van der Waals surface area contributed by atoms with Crippen molar-refractivity contribution in [3.05, 3.63) is 94.3 Å². The number of benzene rings is 2. The predicted octanol–water partition coefficient (Wildman–Crippen LogP) is 7.34. The highest BCUT2D eigenvalue weighted by Crippen LogP contribution is 2.38. The number of hydrogen-bond acceptors (Lipinski definition) is 4. The average Bonchev–Trinajstić information content (AvgIpc) is 2.89. The molecule has 34 heavy (non-hydrogen) atoms. The molecule has 2 aromatic rings. The van der Waals surface area contributed by atoms with Crippen molar-refractivity contribution in [3.63, 3.8) is 0 Å². The minimum absolute atomic E-state index is 0.118. The summed E-state index contributed by atoms with van der Waals surface area (Å²) >= 11 is 0. The SMILES string of the molecule is CCC1=C(CC)N(C(=O)OCc2ccccc2)N(C(=O)OCc2ccccc2)C(CC)=C1CC. The average molecular weight is 463 g/mol. The lowest BCUT2D eigenvalue weighted by Gasteiger charge is -2.41. The molecule has 6 heteroatoms. The van der Waals surface area contributed by atoms with Crippen LogP contribution in [0.4, 0.5) is 9.59 Å². The van der Waals surface area contributed by atoms with Crippen LogP contribution >= 0.6 is 0 Å². The fourth-order valence-electron chi connectivity index (χ4n) is 4.35. The van der Waals surface area contributed by atoms with E-state index in [0.717, 1.165) is 46.5 Å². The maximum atomic E-state index is 13.4. The second kappa shape index (κ2) is 12.1. The zero-order valence-corrected chi connectivity index (χ0v) is 20.5. The molecule has 0 unspecified atom stereocenters. The molecular formula is C28H34N2O4. The largest absolute Gasteiger partial charge is 0.443 e. The molecule has 3 rings (SSSR count). The van der Waals surface area contributed by atoms with Gasteiger partial charge in [-0.3, -0.25) is 0 Å². The minimum atomic E-state index is -0.593. The van der Waals surface area contributed by atoms with E-state index in [2.05, 4.69) is 13.8 Å². The quantitative estimate of drug-likeness (QED) is 0.412. The van der Waals surface area contributed by atoms with Gasteiger partial charge in [-0.15, -0.1) is 0 Å². The van der Waals surface area contributed by atoms with Crippen LogP contribution < -0.4 is 0 Å². The van der Waals surface area contributed by atoms with Gasteiger partial charge < -0.3 is 9.47 Å². The van der Waals surface area contributed by atoms with Crippen LogP contribution in [0.2, 0.25) is 0 Å². The summed E-state index contributed by atoms with van der Waals surface area (Å²) in [4.78, 5) is 26.9. The lowest BCUT2D eigenvalue weighted by Crippen LogP contribution is -2.51. The van der Waals surface area contributed by atoms with Gasteiger partial charge in [0.1, 0.15) is 13.2 Å². The Kier molecular flexibility index (Phi) is 8.91. The summed E-state index contributed by atoms with van der Waals surface area (Å²) in [6, 6.07) is 19.0. The number of amides is 2. The number of carbonyl (C=O) groups excluding carboxylic acids is 2. The van der Waals surface area contributed by atoms with E-state index in [1.807, 2.05) is 74.5 Å². The van der Waals surface area contributed by atoms with Crippen molar-refractivity contribution < 1.29 is 19.1 Å². The summed E-state index contributed by atoms with van der Waals surface area (Å²) in [5.74, 6) is 0. The molecule has 0 saturated heterocycles. The second-order valence-electron chi connectivity index (χ2n) is 7.97. The van der Waals surface area contributed by atoms with Gasteiger partial charge in [-0.2, -0.15) is 10.0 Å². The Labute approximate surface area is 202 Å². The predicted molar refractivity (Wildman–Crippen MR) is 132 cm³/mol. The molecule has 0 spiro atoms. The highest BCUT2D eigenvalue weighted by atomic mass is 16.6. The first-order valence-corrected chi connectivity index (χ1v) is 12.0. The molecule has 2 aromatic carbocycles. The Morgan fingerprint density at radius 1 is 0.588 bits per heavy atom. The van der Waals surface area contributed by atoms with E-state index < -0.39 is 12.2 Å². The van der Waals surface area contributed by atoms with Crippen LogP contribution in [0.1, 0.15) is 64.5 Å². The van der Waals surface area contributed by atoms with Gasteiger partial charge >= 0.3 is 12.2 Å². The van der Waals surface area contributed by atoms with Gasteiger partial charge in [0.15, 0.2) is 0 Å². The molecule has 1 heterocycles. The number of carbonyl (C=O) groups is 2. The van der Waals surface area contributed by atoms with Gasteiger partial charge in [0.05, 0.1) is 11.4 Å². The van der Waals surface area contributed by atoms with E-state index >= 15 is 0 Å². The molecule has 6 nitrogen and oxygen atoms in total. The van der Waals surface area contributed by atoms with Crippen LogP contribution in [0.3, 0.4) is 0 Å². The van der Waals surface area contributed by atoms with Gasteiger partial charge in [-0.25, -0.2) is 9.59 Å². The summed E-state index contributed by atoms with van der Waals surface area (Å²) in [6.07, 6.45) is 1.48. The van der Waals surface area contributed by atoms with Crippen LogP contribution in [-0.4, -0.2) is 22.2 Å². The third-order valence-electron chi connectivity index (χ3n) is 5.91. The highest BCUT2D eigenvalue weighted by Gasteiger charge is 2.39. The van der Waals surface area contributed by atoms with Crippen LogP contribution in [0.15, 0.2) is 83.2 Å². The third kappa shape index (κ3) is 5.50. The molecule has 180 valence electrons. The summed E-state index contributed by atoms with van der Waals surface area (Å²) in [5.41, 5.74) is 5.47. The standard InChI is InChI=1S/C28H34N2O4/c1-5-23-24(6-2)26(8-4)30(28(32)34-20-22-17-13-10-14-18-22)29(25(23)7-3)27(31)33-19-21-15-11-9-12-16-21/h9-18H,5-8,19-20H2,1-4H3. The lowest BCUT2D eigenvalue weighted by atomic mass is 9.92. The molecule has 2 amide bonds. The van der Waals surface area contributed by atoms with Crippen molar-refractivity contribution in [2.45, 2.75) is 66.6 Å². The number of hydrazine groups is 1. The van der Waals surface area contributed by atoms with E-state index in [4.69, 9.17) is 9.47 Å². The molecule has 0 radical (unpaired) electrons. The van der Waals surface area contributed by atoms with Crippen LogP contribution in [0.25, 0.3) is 0 Å². The Bertz CT molecular complexity index is 959. The van der Waals surface area contributed by atoms with Crippen molar-refractivity contribution >= 4 is 12.2 Å². The number of nitrogens with zero attached hydrogens (tertiary/aromatic N) is 2. The van der Waals surface area contributed by atoms with E-state index in [1.54, 1.807) is 0 Å². The second-order valence-corrected chi connectivity index (χ2v) is 7.97. The first-order chi connectivity index (χ1) is 16.5. The van der Waals surface area contributed by atoms with Crippen molar-refractivity contribution in [1.29, 1.82) is 0 Å². The van der Waals surface area contributed by atoms with Gasteiger partial charge in [-0.1, -0.05) is 88.4 Å². The maximum Gasteiger partial charge on any atom is 0.434 e. The molecule has 0 bridgehead atoms. The molecule has 0 N–H and O–H groups in total. The minimum Gasteiger partial charge on any atom is -0.443 e. The summed E-state index contributed by atoms with van der Waals surface area (Å²) < 4.78 is 11.4. The topological polar surface area (TPSA) is 59.1 Å². The Balaban J connectivity index is 1.95. The zero-order valence-electron chi connectivity index (χ0n) is 20.5. The Morgan fingerprint density at radius 3 is 1.24 bits per heavy atom. The summed E-state index contributed by atoms with van der Waals surface area (Å²) in [6.45, 7) is 8.36. The Hall–Kier alpha value is -3.54. The van der Waals surface area contributed by atoms with E-state index in [1.165, 1.54) is 10.0 Å². The van der Waals surface area contributed by atoms with Gasteiger partial charge in [-0.05, 0) is 48.0 Å². The van der Waals surface area contributed by atoms with Gasteiger partial charge in [0.25, 0.3) is 0 Å². The summed E-state index contributed by atoms with van der Waals surface area (Å²) in [5, 5.41) is 2.76. The molecule has 0 atom stereocenters. The molecule has 0 aromatic heterocycles. The first-order valence-electron chi connectivity index (χ1n) is 12.0. The maximum absolute atomic E-state index is 13.4. The zero-order chi connectivity index (χ0) is 24.5. The van der Waals surface area contributed by atoms with Crippen LogP contribution in [-0.2, 0) is 22.7 Å². The van der Waals surface area contributed by atoms with E-state index in [-0.39, 0.29) is 13.2 Å². The van der Waals surface area contributed by atoms with Gasteiger partial charge in [0.2, 0.25) is 0 Å². The van der Waals surface area contributed by atoms with Crippen LogP contribution in [0.5, 0.6) is 0 Å². The smallest absolute Gasteiger partial charge is 0.434 e. The lowest BCUT2D eigenvalue weighted by molar-refractivity contribution is 0.00364. The number of allylic oxidation sites excluding steroid dienone is 4. The fraction of sp³-hybridized carbons (Fsp3) is 0.357. The van der Waals surface area contributed by atoms with Crippen molar-refractivity contribution in [1.82, 2.24) is 10.0 Å². The van der Waals surface area contributed by atoms with Crippen molar-refractivity contribution in [2.75, 3.05) is 0 Å².